The zero-order valence-electron chi connectivity index (χ0n) is 19.5. The number of aromatic hydroxyl groups is 2. The van der Waals surface area contributed by atoms with Crippen LogP contribution in [0.2, 0.25) is 0 Å². The lowest BCUT2D eigenvalue weighted by Crippen LogP contribution is -2.42. The van der Waals surface area contributed by atoms with Gasteiger partial charge < -0.3 is 24.9 Å². The van der Waals surface area contributed by atoms with Crippen LogP contribution in [0.25, 0.3) is 43.6 Å². The van der Waals surface area contributed by atoms with Crippen molar-refractivity contribution in [3.63, 3.8) is 0 Å². The Hall–Kier alpha value is -4.38. The first-order chi connectivity index (χ1) is 17.9. The SMILES string of the molecule is Cn1c2cc(O)ccc2c2c3c(c4c5ccc(O)cc5[nH]c4c21)C(=O)N(NCc1cscc1CO)C3=O. The lowest BCUT2D eigenvalue weighted by molar-refractivity contribution is 0.0563. The fourth-order valence-electron chi connectivity index (χ4n) is 5.54. The molecule has 0 radical (unpaired) electrons. The van der Waals surface area contributed by atoms with Crippen LogP contribution < -0.4 is 5.43 Å². The minimum atomic E-state index is -0.475. The quantitative estimate of drug-likeness (QED) is 0.225. The third-order valence-corrected chi connectivity index (χ3v) is 8.06. The number of aromatic amines is 1. The van der Waals surface area contributed by atoms with Crippen molar-refractivity contribution in [1.82, 2.24) is 20.0 Å². The van der Waals surface area contributed by atoms with Crippen LogP contribution >= 0.6 is 11.3 Å². The highest BCUT2D eigenvalue weighted by Gasteiger charge is 2.41. The van der Waals surface area contributed by atoms with E-state index < -0.39 is 11.8 Å². The second kappa shape index (κ2) is 7.56. The number of hydrogen-bond acceptors (Lipinski definition) is 7. The summed E-state index contributed by atoms with van der Waals surface area (Å²) < 4.78 is 1.90. The topological polar surface area (TPSA) is 131 Å². The molecule has 0 bridgehead atoms. The fraction of sp³-hybridized carbons (Fsp3) is 0.111. The first-order valence-corrected chi connectivity index (χ1v) is 12.5. The van der Waals surface area contributed by atoms with Crippen LogP contribution in [-0.2, 0) is 20.2 Å². The smallest absolute Gasteiger partial charge is 0.276 e. The van der Waals surface area contributed by atoms with E-state index in [1.54, 1.807) is 36.4 Å². The number of hydrazine groups is 1. The molecule has 5 N–H and O–H groups in total. The van der Waals surface area contributed by atoms with E-state index in [9.17, 15) is 24.9 Å². The Morgan fingerprint density at radius 2 is 1.59 bits per heavy atom. The van der Waals surface area contributed by atoms with Crippen molar-refractivity contribution in [2.24, 2.45) is 7.05 Å². The molecule has 10 heteroatoms. The molecule has 37 heavy (non-hydrogen) atoms. The predicted molar refractivity (Wildman–Crippen MR) is 141 cm³/mol. The van der Waals surface area contributed by atoms with Crippen molar-refractivity contribution in [3.8, 4) is 11.5 Å². The van der Waals surface area contributed by atoms with Crippen LogP contribution in [0.15, 0.2) is 47.2 Å². The normalized spacial score (nSPS) is 13.7. The van der Waals surface area contributed by atoms with Gasteiger partial charge in [-0.1, -0.05) is 0 Å². The molecule has 0 saturated heterocycles. The van der Waals surface area contributed by atoms with E-state index in [0.717, 1.165) is 21.5 Å². The average Bonchev–Trinajstić information content (AvgIpc) is 3.61. The Kier molecular flexibility index (Phi) is 4.47. The molecule has 0 spiro atoms. The zero-order valence-corrected chi connectivity index (χ0v) is 20.3. The van der Waals surface area contributed by atoms with E-state index in [1.807, 2.05) is 22.4 Å². The minimum Gasteiger partial charge on any atom is -0.508 e. The molecule has 0 saturated carbocycles. The predicted octanol–water partition coefficient (Wildman–Crippen LogP) is 4.23. The Morgan fingerprint density at radius 3 is 2.35 bits per heavy atom. The van der Waals surface area contributed by atoms with Crippen molar-refractivity contribution in [2.75, 3.05) is 0 Å². The average molecular weight is 513 g/mol. The van der Waals surface area contributed by atoms with Crippen molar-refractivity contribution < 1.29 is 24.9 Å². The lowest BCUT2D eigenvalue weighted by Gasteiger charge is -2.15. The molecule has 3 aromatic heterocycles. The number of H-pyrrole nitrogens is 1. The minimum absolute atomic E-state index is 0.0788. The number of carbonyl (C=O) groups excluding carboxylic acids is 2. The molecule has 3 aromatic carbocycles. The van der Waals surface area contributed by atoms with Gasteiger partial charge in [0.25, 0.3) is 11.8 Å². The van der Waals surface area contributed by atoms with Gasteiger partial charge in [-0.2, -0.15) is 11.3 Å². The Labute approximate surface area is 212 Å². The molecule has 0 fully saturated rings. The molecule has 2 amide bonds. The first kappa shape index (κ1) is 21.9. The summed E-state index contributed by atoms with van der Waals surface area (Å²) in [6.07, 6.45) is 0. The summed E-state index contributed by atoms with van der Waals surface area (Å²) in [6, 6.07) is 9.82. The van der Waals surface area contributed by atoms with Gasteiger partial charge in [-0.25, -0.2) is 10.4 Å². The number of imide groups is 1. The van der Waals surface area contributed by atoms with E-state index >= 15 is 0 Å². The third kappa shape index (κ3) is 2.85. The highest BCUT2D eigenvalue weighted by atomic mass is 32.1. The molecule has 4 heterocycles. The number of rotatable bonds is 4. The number of phenolic OH excluding ortho intramolecular Hbond substituents is 2. The number of hydrogen-bond donors (Lipinski definition) is 5. The van der Waals surface area contributed by atoms with Crippen LogP contribution in [0.4, 0.5) is 0 Å². The molecule has 184 valence electrons. The summed E-state index contributed by atoms with van der Waals surface area (Å²) in [4.78, 5) is 31.1. The molecule has 1 aliphatic rings. The Morgan fingerprint density at radius 1 is 0.919 bits per heavy atom. The molecule has 0 atom stereocenters. The van der Waals surface area contributed by atoms with Gasteiger partial charge in [0.15, 0.2) is 0 Å². The highest BCUT2D eigenvalue weighted by molar-refractivity contribution is 7.08. The molecule has 0 aliphatic carbocycles. The summed E-state index contributed by atoms with van der Waals surface area (Å²) in [7, 11) is 1.85. The van der Waals surface area contributed by atoms with Crippen LogP contribution in [0.5, 0.6) is 11.5 Å². The van der Waals surface area contributed by atoms with Gasteiger partial charge in [0.2, 0.25) is 0 Å². The molecule has 6 aromatic rings. The molecular formula is C27H20N4O5S. The number of nitrogens with zero attached hydrogens (tertiary/aromatic N) is 2. The first-order valence-electron chi connectivity index (χ1n) is 11.6. The number of benzene rings is 3. The van der Waals surface area contributed by atoms with Gasteiger partial charge in [0.05, 0.1) is 39.8 Å². The molecular weight excluding hydrogens is 492 g/mol. The second-order valence-electron chi connectivity index (χ2n) is 9.20. The number of nitrogens with one attached hydrogen (secondary N) is 2. The number of aryl methyl sites for hydroxylation is 1. The maximum Gasteiger partial charge on any atom is 0.276 e. The Bertz CT molecular complexity index is 1960. The van der Waals surface area contributed by atoms with Crippen molar-refractivity contribution in [1.29, 1.82) is 0 Å². The Balaban J connectivity index is 1.54. The van der Waals surface area contributed by atoms with Gasteiger partial charge in [-0.15, -0.1) is 0 Å². The van der Waals surface area contributed by atoms with Gasteiger partial charge in [-0.3, -0.25) is 9.59 Å². The van der Waals surface area contributed by atoms with Gasteiger partial charge in [0.1, 0.15) is 11.5 Å². The van der Waals surface area contributed by atoms with Gasteiger partial charge >= 0.3 is 0 Å². The lowest BCUT2D eigenvalue weighted by atomic mass is 9.96. The van der Waals surface area contributed by atoms with Gasteiger partial charge in [0, 0.05) is 47.3 Å². The van der Waals surface area contributed by atoms with E-state index in [4.69, 9.17) is 0 Å². The number of aliphatic hydroxyl groups is 1. The number of aliphatic hydroxyl groups excluding tert-OH is 1. The number of amides is 2. The second-order valence-corrected chi connectivity index (χ2v) is 9.94. The summed E-state index contributed by atoms with van der Waals surface area (Å²) in [5.41, 5.74) is 7.83. The highest BCUT2D eigenvalue weighted by Crippen LogP contribution is 2.45. The molecule has 0 unspecified atom stereocenters. The van der Waals surface area contributed by atoms with Gasteiger partial charge in [-0.05, 0) is 46.2 Å². The molecule has 7 rings (SSSR count). The maximum atomic E-state index is 13.9. The van der Waals surface area contributed by atoms with E-state index in [-0.39, 0.29) is 35.8 Å². The molecule has 9 nitrogen and oxygen atoms in total. The number of phenols is 2. The number of thiophene rings is 1. The number of aromatic nitrogens is 2. The van der Waals surface area contributed by atoms with Crippen molar-refractivity contribution in [3.05, 3.63) is 69.4 Å². The summed E-state index contributed by atoms with van der Waals surface area (Å²) in [5, 5.41) is 37.3. The van der Waals surface area contributed by atoms with Crippen LogP contribution in [0.1, 0.15) is 31.8 Å². The molecule has 1 aliphatic heterocycles. The fourth-order valence-corrected chi connectivity index (χ4v) is 6.40. The van der Waals surface area contributed by atoms with E-state index in [1.165, 1.54) is 11.3 Å². The number of carbonyl (C=O) groups is 2. The number of fused-ring (bicyclic) bond motifs is 10. The largest absolute Gasteiger partial charge is 0.508 e. The summed E-state index contributed by atoms with van der Waals surface area (Å²) >= 11 is 1.44. The van der Waals surface area contributed by atoms with Crippen molar-refractivity contribution in [2.45, 2.75) is 13.2 Å². The monoisotopic (exact) mass is 512 g/mol. The van der Waals surface area contributed by atoms with E-state index in [0.29, 0.717) is 38.2 Å². The zero-order chi connectivity index (χ0) is 25.6. The van der Waals surface area contributed by atoms with Crippen LogP contribution in [0, 0.1) is 0 Å². The summed E-state index contributed by atoms with van der Waals surface area (Å²) in [5.74, 6) is -0.775. The standard InChI is InChI=1S/C27H20N4O5S/c1-30-19-7-15(34)3-5-17(19)21-23-22(20-16-4-2-14(33)6-18(16)29-24(20)25(21)30)26(35)31(27(23)36)28-8-12-10-37-11-13(12)9-32/h2-7,10-11,28-29,32-34H,8-9H2,1H3. The van der Waals surface area contributed by atoms with E-state index in [2.05, 4.69) is 10.4 Å². The maximum absolute atomic E-state index is 13.9. The third-order valence-electron chi connectivity index (χ3n) is 7.22. The van der Waals surface area contributed by atoms with Crippen LogP contribution in [-0.4, -0.2) is 41.7 Å². The summed E-state index contributed by atoms with van der Waals surface area (Å²) in [6.45, 7) is 0.0667. The van der Waals surface area contributed by atoms with Crippen LogP contribution in [0.3, 0.4) is 0 Å². The van der Waals surface area contributed by atoms with Crippen molar-refractivity contribution >= 4 is 66.8 Å².